The summed E-state index contributed by atoms with van der Waals surface area (Å²) in [6.07, 6.45) is 0. The Bertz CT molecular complexity index is 554. The van der Waals surface area contributed by atoms with E-state index >= 15 is 0 Å². The van der Waals surface area contributed by atoms with E-state index in [4.69, 9.17) is 15.0 Å². The fourth-order valence-corrected chi connectivity index (χ4v) is 2.34. The van der Waals surface area contributed by atoms with Crippen molar-refractivity contribution < 1.29 is 9.26 Å². The molecule has 1 aromatic carbocycles. The molecule has 1 atom stereocenters. The molecule has 2 rings (SSSR count). The van der Waals surface area contributed by atoms with Gasteiger partial charge < -0.3 is 15.0 Å². The van der Waals surface area contributed by atoms with Crippen molar-refractivity contribution in [2.24, 2.45) is 5.73 Å². The van der Waals surface area contributed by atoms with Crippen LogP contribution in [0.4, 0.5) is 0 Å². The van der Waals surface area contributed by atoms with E-state index in [0.717, 1.165) is 22.8 Å². The smallest absolute Gasteiger partial charge is 0.133 e. The molecule has 2 aromatic rings. The maximum atomic E-state index is 5.95. The Balaban J connectivity index is 2.18. The fraction of sp³-hybridized carbons (Fsp3) is 0.400. The molecule has 1 unspecified atom stereocenters. The van der Waals surface area contributed by atoms with Gasteiger partial charge >= 0.3 is 0 Å². The number of rotatable bonds is 6. The number of hydrogen-bond acceptors (Lipinski definition) is 5. The van der Waals surface area contributed by atoms with Gasteiger partial charge in [0.25, 0.3) is 0 Å². The van der Waals surface area contributed by atoms with E-state index in [1.807, 2.05) is 44.3 Å². The minimum Gasteiger partial charge on any atom is -0.496 e. The predicted molar refractivity (Wildman–Crippen MR) is 77.5 cm³/mol. The third-order valence-corrected chi connectivity index (χ3v) is 3.34. The van der Waals surface area contributed by atoms with E-state index < -0.39 is 0 Å². The number of benzene rings is 1. The topological polar surface area (TPSA) is 64.5 Å². The van der Waals surface area contributed by atoms with Crippen LogP contribution in [-0.4, -0.2) is 30.8 Å². The Kier molecular flexibility index (Phi) is 4.76. The monoisotopic (exact) mass is 275 g/mol. The summed E-state index contributed by atoms with van der Waals surface area (Å²) in [5.41, 5.74) is 7.93. The van der Waals surface area contributed by atoms with Gasteiger partial charge in [-0.15, -0.1) is 0 Å². The zero-order chi connectivity index (χ0) is 14.5. The second-order valence-corrected chi connectivity index (χ2v) is 4.84. The molecule has 0 aliphatic heterocycles. The van der Waals surface area contributed by atoms with Crippen LogP contribution >= 0.6 is 0 Å². The molecule has 0 radical (unpaired) electrons. The van der Waals surface area contributed by atoms with Crippen LogP contribution in [0.5, 0.6) is 5.75 Å². The fourth-order valence-electron chi connectivity index (χ4n) is 2.34. The molecule has 0 amide bonds. The van der Waals surface area contributed by atoms with Gasteiger partial charge in [0.15, 0.2) is 0 Å². The molecule has 0 bridgehead atoms. The Morgan fingerprint density at radius 2 is 2.15 bits per heavy atom. The SMILES string of the molecule is COc1ccccc1C(CN)N(C)Cc1cc(C)on1. The van der Waals surface area contributed by atoms with Crippen molar-refractivity contribution in [1.82, 2.24) is 10.1 Å². The van der Waals surface area contributed by atoms with Gasteiger partial charge in [0.2, 0.25) is 0 Å². The molecule has 0 aliphatic carbocycles. The molecular formula is C15H21N3O2. The van der Waals surface area contributed by atoms with E-state index in [9.17, 15) is 0 Å². The Hall–Kier alpha value is -1.85. The summed E-state index contributed by atoms with van der Waals surface area (Å²) in [7, 11) is 3.70. The van der Waals surface area contributed by atoms with Crippen molar-refractivity contribution in [3.63, 3.8) is 0 Å². The van der Waals surface area contributed by atoms with Gasteiger partial charge in [-0.25, -0.2) is 0 Å². The number of hydrogen-bond donors (Lipinski definition) is 1. The number of para-hydroxylation sites is 1. The predicted octanol–water partition coefficient (Wildman–Crippen LogP) is 2.12. The Labute approximate surface area is 119 Å². The highest BCUT2D eigenvalue weighted by Crippen LogP contribution is 2.28. The van der Waals surface area contributed by atoms with E-state index in [-0.39, 0.29) is 6.04 Å². The molecule has 0 saturated heterocycles. The summed E-state index contributed by atoms with van der Waals surface area (Å²) in [6.45, 7) is 3.07. The third kappa shape index (κ3) is 3.18. The van der Waals surface area contributed by atoms with Crippen LogP contribution in [0.15, 0.2) is 34.9 Å². The van der Waals surface area contributed by atoms with Crippen LogP contribution < -0.4 is 10.5 Å². The van der Waals surface area contributed by atoms with Crippen LogP contribution in [0.25, 0.3) is 0 Å². The molecule has 1 heterocycles. The molecule has 0 fully saturated rings. The lowest BCUT2D eigenvalue weighted by molar-refractivity contribution is 0.229. The zero-order valence-electron chi connectivity index (χ0n) is 12.2. The average Bonchev–Trinajstić information content (AvgIpc) is 2.85. The van der Waals surface area contributed by atoms with Gasteiger partial charge in [0.05, 0.1) is 18.8 Å². The first-order valence-electron chi connectivity index (χ1n) is 6.61. The van der Waals surface area contributed by atoms with Crippen molar-refractivity contribution in [2.75, 3.05) is 20.7 Å². The van der Waals surface area contributed by atoms with E-state index in [1.54, 1.807) is 7.11 Å². The first-order valence-corrected chi connectivity index (χ1v) is 6.61. The van der Waals surface area contributed by atoms with Gasteiger partial charge in [0.1, 0.15) is 11.5 Å². The second kappa shape index (κ2) is 6.54. The largest absolute Gasteiger partial charge is 0.496 e. The minimum absolute atomic E-state index is 0.0724. The number of nitrogens with two attached hydrogens (primary N) is 1. The quantitative estimate of drug-likeness (QED) is 0.875. The van der Waals surface area contributed by atoms with Gasteiger partial charge in [0, 0.05) is 24.7 Å². The van der Waals surface area contributed by atoms with Gasteiger partial charge in [-0.05, 0) is 20.0 Å². The normalized spacial score (nSPS) is 12.7. The zero-order valence-corrected chi connectivity index (χ0v) is 12.2. The molecule has 0 aliphatic rings. The van der Waals surface area contributed by atoms with Crippen LogP contribution in [-0.2, 0) is 6.54 Å². The number of nitrogens with zero attached hydrogens (tertiary/aromatic N) is 2. The molecule has 1 aromatic heterocycles. The third-order valence-electron chi connectivity index (χ3n) is 3.34. The van der Waals surface area contributed by atoms with Crippen molar-refractivity contribution in [3.05, 3.63) is 47.3 Å². The van der Waals surface area contributed by atoms with E-state index in [1.165, 1.54) is 0 Å². The lowest BCUT2D eigenvalue weighted by Crippen LogP contribution is -2.30. The summed E-state index contributed by atoms with van der Waals surface area (Å²) in [4.78, 5) is 2.15. The molecule has 5 nitrogen and oxygen atoms in total. The molecule has 20 heavy (non-hydrogen) atoms. The maximum absolute atomic E-state index is 5.95. The first kappa shape index (κ1) is 14.6. The standard InChI is InChI=1S/C15H21N3O2/c1-11-8-12(17-20-11)10-18(2)14(9-16)13-6-4-5-7-15(13)19-3/h4-8,14H,9-10,16H2,1-3H3. The summed E-state index contributed by atoms with van der Waals surface area (Å²) < 4.78 is 10.5. The number of ether oxygens (including phenoxy) is 1. The minimum atomic E-state index is 0.0724. The first-order chi connectivity index (χ1) is 9.65. The molecule has 0 spiro atoms. The van der Waals surface area contributed by atoms with E-state index in [2.05, 4.69) is 10.1 Å². The summed E-state index contributed by atoms with van der Waals surface area (Å²) >= 11 is 0. The molecule has 0 saturated carbocycles. The number of aromatic nitrogens is 1. The molecule has 5 heteroatoms. The summed E-state index contributed by atoms with van der Waals surface area (Å²) in [5.74, 6) is 1.67. The van der Waals surface area contributed by atoms with Gasteiger partial charge in [-0.2, -0.15) is 0 Å². The number of methoxy groups -OCH3 is 1. The highest BCUT2D eigenvalue weighted by molar-refractivity contribution is 5.36. The second-order valence-electron chi connectivity index (χ2n) is 4.84. The van der Waals surface area contributed by atoms with Crippen LogP contribution in [0, 0.1) is 6.92 Å². The van der Waals surface area contributed by atoms with Crippen LogP contribution in [0.1, 0.15) is 23.1 Å². The number of likely N-dealkylation sites (N-methyl/N-ethyl adjacent to an activating group) is 1. The van der Waals surface area contributed by atoms with Crippen LogP contribution in [0.2, 0.25) is 0 Å². The van der Waals surface area contributed by atoms with Crippen molar-refractivity contribution in [2.45, 2.75) is 19.5 Å². The summed E-state index contributed by atoms with van der Waals surface area (Å²) in [5, 5.41) is 4.02. The van der Waals surface area contributed by atoms with Gasteiger partial charge in [-0.1, -0.05) is 23.4 Å². The molecule has 2 N–H and O–H groups in total. The van der Waals surface area contributed by atoms with Crippen molar-refractivity contribution in [3.8, 4) is 5.75 Å². The van der Waals surface area contributed by atoms with Crippen molar-refractivity contribution >= 4 is 0 Å². The van der Waals surface area contributed by atoms with E-state index in [0.29, 0.717) is 13.1 Å². The van der Waals surface area contributed by atoms with Crippen LogP contribution in [0.3, 0.4) is 0 Å². The van der Waals surface area contributed by atoms with Gasteiger partial charge in [-0.3, -0.25) is 4.90 Å². The molecule has 108 valence electrons. The highest BCUT2D eigenvalue weighted by Gasteiger charge is 2.20. The van der Waals surface area contributed by atoms with Crippen molar-refractivity contribution in [1.29, 1.82) is 0 Å². The highest BCUT2D eigenvalue weighted by atomic mass is 16.5. The summed E-state index contributed by atoms with van der Waals surface area (Å²) in [6, 6.07) is 9.95. The Morgan fingerprint density at radius 1 is 1.40 bits per heavy atom. The lowest BCUT2D eigenvalue weighted by Gasteiger charge is -2.27. The lowest BCUT2D eigenvalue weighted by atomic mass is 10.0. The Morgan fingerprint density at radius 3 is 2.75 bits per heavy atom. The number of aryl methyl sites for hydroxylation is 1. The maximum Gasteiger partial charge on any atom is 0.133 e. The average molecular weight is 275 g/mol. The molecular weight excluding hydrogens is 254 g/mol.